The van der Waals surface area contributed by atoms with Crippen molar-refractivity contribution in [2.45, 2.75) is 20.0 Å². The van der Waals surface area contributed by atoms with Crippen LogP contribution in [0.15, 0.2) is 24.7 Å². The maximum atomic E-state index is 14.4. The Bertz CT molecular complexity index is 566. The highest BCUT2D eigenvalue weighted by atomic mass is 19.1. The summed E-state index contributed by atoms with van der Waals surface area (Å²) in [6, 6.07) is 1.71. The molecule has 0 amide bonds. The van der Waals surface area contributed by atoms with E-state index >= 15 is 0 Å². The molecule has 1 N–H and O–H groups in total. The second-order valence-corrected chi connectivity index (χ2v) is 4.77. The molecule has 0 spiro atoms. The van der Waals surface area contributed by atoms with Crippen molar-refractivity contribution in [2.24, 2.45) is 7.05 Å². The van der Waals surface area contributed by atoms with Gasteiger partial charge in [0.05, 0.1) is 6.20 Å². The zero-order chi connectivity index (χ0) is 14.5. The number of nitrogens with one attached hydrogen (secondary N) is 1. The minimum Gasteiger partial charge on any atom is -0.353 e. The maximum absolute atomic E-state index is 14.4. The molecule has 0 aromatic carbocycles. The summed E-state index contributed by atoms with van der Waals surface area (Å²) in [7, 11) is 3.69. The minimum atomic E-state index is -0.264. The second kappa shape index (κ2) is 6.47. The van der Waals surface area contributed by atoms with Crippen molar-refractivity contribution in [1.29, 1.82) is 0 Å². The van der Waals surface area contributed by atoms with Crippen LogP contribution in [0, 0.1) is 5.82 Å². The van der Waals surface area contributed by atoms with Gasteiger partial charge in [0.2, 0.25) is 0 Å². The Kier molecular flexibility index (Phi) is 4.68. The summed E-state index contributed by atoms with van der Waals surface area (Å²) in [5.74, 6) is 0.101. The van der Waals surface area contributed by atoms with Gasteiger partial charge in [-0.2, -0.15) is 5.10 Å². The molecule has 2 heterocycles. The Morgan fingerprint density at radius 1 is 1.45 bits per heavy atom. The lowest BCUT2D eigenvalue weighted by Gasteiger charge is -2.19. The van der Waals surface area contributed by atoms with Gasteiger partial charge in [0.1, 0.15) is 0 Å². The van der Waals surface area contributed by atoms with E-state index in [-0.39, 0.29) is 5.82 Å². The van der Waals surface area contributed by atoms with Gasteiger partial charge in [-0.1, -0.05) is 6.92 Å². The van der Waals surface area contributed by atoms with Crippen molar-refractivity contribution in [3.8, 4) is 0 Å². The number of pyridine rings is 1. The van der Waals surface area contributed by atoms with Crippen LogP contribution >= 0.6 is 0 Å². The Balaban J connectivity index is 2.14. The molecule has 6 heteroatoms. The van der Waals surface area contributed by atoms with Crippen LogP contribution in [0.4, 0.5) is 10.2 Å². The molecule has 20 heavy (non-hydrogen) atoms. The number of aryl methyl sites for hydroxylation is 1. The summed E-state index contributed by atoms with van der Waals surface area (Å²) in [5, 5.41) is 7.23. The first-order valence-electron chi connectivity index (χ1n) is 6.64. The highest BCUT2D eigenvalue weighted by molar-refractivity contribution is 5.42. The molecule has 2 rings (SSSR count). The summed E-state index contributed by atoms with van der Waals surface area (Å²) in [4.78, 5) is 5.94. The molecule has 0 atom stereocenters. The van der Waals surface area contributed by atoms with E-state index in [0.717, 1.165) is 12.1 Å². The lowest BCUT2D eigenvalue weighted by Crippen LogP contribution is -2.21. The zero-order valence-electron chi connectivity index (χ0n) is 12.1. The van der Waals surface area contributed by atoms with Crippen LogP contribution in [0.1, 0.15) is 18.1 Å². The predicted molar refractivity (Wildman–Crippen MR) is 76.9 cm³/mol. The van der Waals surface area contributed by atoms with Crippen molar-refractivity contribution in [3.05, 3.63) is 41.6 Å². The zero-order valence-corrected chi connectivity index (χ0v) is 12.1. The molecule has 0 aliphatic rings. The van der Waals surface area contributed by atoms with E-state index in [2.05, 4.69) is 15.4 Å². The average molecular weight is 277 g/mol. The smallest absolute Gasteiger partial charge is 0.170 e. The summed E-state index contributed by atoms with van der Waals surface area (Å²) in [5.41, 5.74) is 1.66. The van der Waals surface area contributed by atoms with Crippen LogP contribution in [0.3, 0.4) is 0 Å². The molecule has 0 fully saturated rings. The molecular formula is C14H20FN5. The number of rotatable bonds is 6. The topological polar surface area (TPSA) is 46.0 Å². The number of hydrogen-bond acceptors (Lipinski definition) is 4. The molecule has 0 saturated heterocycles. The van der Waals surface area contributed by atoms with E-state index in [9.17, 15) is 4.39 Å². The predicted octanol–water partition coefficient (Wildman–Crippen LogP) is 1.70. The monoisotopic (exact) mass is 277 g/mol. The third-order valence-corrected chi connectivity index (χ3v) is 3.06. The molecule has 2 aromatic heterocycles. The van der Waals surface area contributed by atoms with E-state index in [4.69, 9.17) is 0 Å². The number of nitrogens with zero attached hydrogens (tertiary/aromatic N) is 4. The van der Waals surface area contributed by atoms with Crippen molar-refractivity contribution in [2.75, 3.05) is 18.5 Å². The van der Waals surface area contributed by atoms with Gasteiger partial charge in [0.25, 0.3) is 0 Å². The van der Waals surface area contributed by atoms with E-state index in [1.165, 1.54) is 0 Å². The van der Waals surface area contributed by atoms with Crippen LogP contribution < -0.4 is 10.2 Å². The van der Waals surface area contributed by atoms with E-state index in [1.807, 2.05) is 27.2 Å². The summed E-state index contributed by atoms with van der Waals surface area (Å²) < 4.78 is 16.1. The third kappa shape index (κ3) is 3.33. The van der Waals surface area contributed by atoms with Gasteiger partial charge < -0.3 is 10.2 Å². The quantitative estimate of drug-likeness (QED) is 0.873. The highest BCUT2D eigenvalue weighted by Gasteiger charge is 2.13. The summed E-state index contributed by atoms with van der Waals surface area (Å²) in [6.45, 7) is 3.89. The average Bonchev–Trinajstić information content (AvgIpc) is 2.83. The largest absolute Gasteiger partial charge is 0.353 e. The molecule has 2 aromatic rings. The fraction of sp³-hybridized carbons (Fsp3) is 0.429. The van der Waals surface area contributed by atoms with Crippen LogP contribution in [0.25, 0.3) is 0 Å². The third-order valence-electron chi connectivity index (χ3n) is 3.06. The van der Waals surface area contributed by atoms with Gasteiger partial charge in [-0.3, -0.25) is 4.68 Å². The minimum absolute atomic E-state index is 0.264. The second-order valence-electron chi connectivity index (χ2n) is 4.77. The van der Waals surface area contributed by atoms with Gasteiger partial charge in [0.15, 0.2) is 11.6 Å². The molecule has 5 nitrogen and oxygen atoms in total. The van der Waals surface area contributed by atoms with Crippen LogP contribution in [-0.4, -0.2) is 28.4 Å². The van der Waals surface area contributed by atoms with Crippen molar-refractivity contribution < 1.29 is 4.39 Å². The Morgan fingerprint density at radius 3 is 2.90 bits per heavy atom. The Hall–Kier alpha value is -1.95. The number of anilines is 1. The number of aromatic nitrogens is 3. The lowest BCUT2D eigenvalue weighted by molar-refractivity contribution is 0.583. The lowest BCUT2D eigenvalue weighted by atomic mass is 10.2. The molecule has 0 aliphatic carbocycles. The van der Waals surface area contributed by atoms with E-state index in [0.29, 0.717) is 24.5 Å². The molecule has 108 valence electrons. The molecule has 0 aliphatic heterocycles. The summed E-state index contributed by atoms with van der Waals surface area (Å²) >= 11 is 0. The Labute approximate surface area is 118 Å². The van der Waals surface area contributed by atoms with E-state index in [1.54, 1.807) is 28.0 Å². The standard InChI is InChI=1S/C14H20FN5/c1-4-16-8-12-5-6-17-14(13(12)15)19(2)9-11-7-18-20(3)10-11/h5-7,10,16H,4,8-9H2,1-3H3. The fourth-order valence-electron chi connectivity index (χ4n) is 2.04. The molecule has 0 saturated carbocycles. The van der Waals surface area contributed by atoms with Gasteiger partial charge in [-0.05, 0) is 12.6 Å². The van der Waals surface area contributed by atoms with Crippen molar-refractivity contribution >= 4 is 5.82 Å². The number of halogens is 1. The van der Waals surface area contributed by atoms with Gasteiger partial charge in [0, 0.05) is 50.7 Å². The molecular weight excluding hydrogens is 257 g/mol. The summed E-state index contributed by atoms with van der Waals surface area (Å²) in [6.07, 6.45) is 5.33. The first kappa shape index (κ1) is 14.5. The van der Waals surface area contributed by atoms with Gasteiger partial charge in [-0.15, -0.1) is 0 Å². The molecule has 0 bridgehead atoms. The number of hydrogen-bond donors (Lipinski definition) is 1. The van der Waals surface area contributed by atoms with Crippen molar-refractivity contribution in [1.82, 2.24) is 20.1 Å². The highest BCUT2D eigenvalue weighted by Crippen LogP contribution is 2.19. The van der Waals surface area contributed by atoms with Gasteiger partial charge >= 0.3 is 0 Å². The first-order valence-corrected chi connectivity index (χ1v) is 6.64. The Morgan fingerprint density at radius 2 is 2.25 bits per heavy atom. The maximum Gasteiger partial charge on any atom is 0.170 e. The first-order chi connectivity index (χ1) is 9.61. The van der Waals surface area contributed by atoms with Crippen LogP contribution in [0.2, 0.25) is 0 Å². The van der Waals surface area contributed by atoms with Crippen LogP contribution in [0.5, 0.6) is 0 Å². The van der Waals surface area contributed by atoms with Gasteiger partial charge in [-0.25, -0.2) is 9.37 Å². The normalized spacial score (nSPS) is 10.8. The fourth-order valence-corrected chi connectivity index (χ4v) is 2.04. The van der Waals surface area contributed by atoms with Crippen molar-refractivity contribution in [3.63, 3.8) is 0 Å². The SMILES string of the molecule is CCNCc1ccnc(N(C)Cc2cnn(C)c2)c1F. The van der Waals surface area contributed by atoms with E-state index < -0.39 is 0 Å². The molecule has 0 radical (unpaired) electrons. The molecule has 0 unspecified atom stereocenters. The van der Waals surface area contributed by atoms with Crippen LogP contribution in [-0.2, 0) is 20.1 Å².